The molecule has 1 N–H and O–H groups in total. The van der Waals surface area contributed by atoms with E-state index in [1.165, 1.54) is 19.3 Å². The zero-order valence-corrected chi connectivity index (χ0v) is 13.9. The van der Waals surface area contributed by atoms with Gasteiger partial charge in [-0.05, 0) is 38.0 Å². The van der Waals surface area contributed by atoms with Gasteiger partial charge in [0.25, 0.3) is 0 Å². The maximum atomic E-state index is 12.9. The van der Waals surface area contributed by atoms with Crippen LogP contribution in [0.15, 0.2) is 0 Å². The van der Waals surface area contributed by atoms with Crippen LogP contribution in [-0.2, 0) is 9.59 Å². The first-order valence-corrected chi connectivity index (χ1v) is 8.59. The second-order valence-corrected chi connectivity index (χ2v) is 7.08. The average Bonchev–Trinajstić information content (AvgIpc) is 2.48. The molecule has 2 aliphatic rings. The molecule has 2 rings (SSSR count). The largest absolute Gasteiger partial charge is 0.342 e. The SMILES string of the molecule is CCC(C)N1C(=O)C(C(C)C)NC(=O)C1C1CCCCC1. The Morgan fingerprint density at radius 1 is 1.14 bits per heavy atom. The summed E-state index contributed by atoms with van der Waals surface area (Å²) in [5.74, 6) is 0.667. The molecule has 1 aliphatic carbocycles. The highest BCUT2D eigenvalue weighted by molar-refractivity contribution is 5.97. The summed E-state index contributed by atoms with van der Waals surface area (Å²) in [6.07, 6.45) is 6.67. The monoisotopic (exact) mass is 294 g/mol. The van der Waals surface area contributed by atoms with E-state index in [2.05, 4.69) is 19.2 Å². The molecule has 0 aromatic heterocycles. The van der Waals surface area contributed by atoms with E-state index in [0.717, 1.165) is 19.3 Å². The molecule has 1 saturated heterocycles. The minimum atomic E-state index is -0.355. The van der Waals surface area contributed by atoms with Crippen LogP contribution in [0.5, 0.6) is 0 Å². The average molecular weight is 294 g/mol. The fourth-order valence-corrected chi connectivity index (χ4v) is 3.76. The van der Waals surface area contributed by atoms with Gasteiger partial charge in [-0.15, -0.1) is 0 Å². The smallest absolute Gasteiger partial charge is 0.246 e. The number of nitrogens with zero attached hydrogens (tertiary/aromatic N) is 1. The first-order valence-electron chi connectivity index (χ1n) is 8.59. The van der Waals surface area contributed by atoms with E-state index in [-0.39, 0.29) is 35.9 Å². The highest BCUT2D eigenvalue weighted by Crippen LogP contribution is 2.33. The molecule has 4 heteroatoms. The van der Waals surface area contributed by atoms with Gasteiger partial charge < -0.3 is 10.2 Å². The highest BCUT2D eigenvalue weighted by atomic mass is 16.2. The summed E-state index contributed by atoms with van der Waals surface area (Å²) in [6.45, 7) is 8.16. The van der Waals surface area contributed by atoms with Crippen molar-refractivity contribution in [3.05, 3.63) is 0 Å². The molecular weight excluding hydrogens is 264 g/mol. The van der Waals surface area contributed by atoms with E-state index in [4.69, 9.17) is 0 Å². The topological polar surface area (TPSA) is 49.4 Å². The molecule has 120 valence electrons. The second-order valence-electron chi connectivity index (χ2n) is 7.08. The number of hydrogen-bond acceptors (Lipinski definition) is 2. The summed E-state index contributed by atoms with van der Waals surface area (Å²) < 4.78 is 0. The Bertz CT molecular complexity index is 388. The molecule has 1 aliphatic heterocycles. The maximum absolute atomic E-state index is 12.9. The minimum Gasteiger partial charge on any atom is -0.342 e. The molecule has 0 aromatic rings. The van der Waals surface area contributed by atoms with Crippen molar-refractivity contribution < 1.29 is 9.59 Å². The van der Waals surface area contributed by atoms with Crippen molar-refractivity contribution in [2.75, 3.05) is 0 Å². The molecule has 4 nitrogen and oxygen atoms in total. The molecule has 0 spiro atoms. The van der Waals surface area contributed by atoms with Gasteiger partial charge in [0, 0.05) is 6.04 Å². The molecule has 3 atom stereocenters. The third-order valence-corrected chi connectivity index (χ3v) is 5.22. The standard InChI is InChI=1S/C17H30N2O2/c1-5-12(4)19-15(13-9-7-6-8-10-13)16(20)18-14(11(2)3)17(19)21/h11-15H,5-10H2,1-4H3,(H,18,20). The van der Waals surface area contributed by atoms with E-state index in [1.54, 1.807) is 0 Å². The van der Waals surface area contributed by atoms with Crippen molar-refractivity contribution in [2.45, 2.75) is 84.3 Å². The van der Waals surface area contributed by atoms with E-state index in [1.807, 2.05) is 18.7 Å². The highest BCUT2D eigenvalue weighted by Gasteiger charge is 2.46. The minimum absolute atomic E-state index is 0.0699. The summed E-state index contributed by atoms with van der Waals surface area (Å²) in [4.78, 5) is 27.5. The van der Waals surface area contributed by atoms with Crippen LogP contribution in [0.3, 0.4) is 0 Å². The van der Waals surface area contributed by atoms with Crippen LogP contribution >= 0.6 is 0 Å². The molecule has 1 saturated carbocycles. The predicted octanol–water partition coefficient (Wildman–Crippen LogP) is 2.72. The normalized spacial score (nSPS) is 29.7. The molecule has 21 heavy (non-hydrogen) atoms. The fraction of sp³-hybridized carbons (Fsp3) is 0.882. The quantitative estimate of drug-likeness (QED) is 0.866. The fourth-order valence-electron chi connectivity index (χ4n) is 3.76. The summed E-state index contributed by atoms with van der Waals surface area (Å²) >= 11 is 0. The lowest BCUT2D eigenvalue weighted by molar-refractivity contribution is -0.156. The number of rotatable bonds is 4. The van der Waals surface area contributed by atoms with Gasteiger partial charge in [-0.3, -0.25) is 9.59 Å². The van der Waals surface area contributed by atoms with Gasteiger partial charge in [0.2, 0.25) is 11.8 Å². The van der Waals surface area contributed by atoms with Gasteiger partial charge in [0.05, 0.1) is 0 Å². The Morgan fingerprint density at radius 2 is 1.76 bits per heavy atom. The van der Waals surface area contributed by atoms with Crippen LogP contribution in [0.25, 0.3) is 0 Å². The molecule has 1 heterocycles. The third kappa shape index (κ3) is 3.24. The molecule has 2 amide bonds. The maximum Gasteiger partial charge on any atom is 0.246 e. The van der Waals surface area contributed by atoms with Gasteiger partial charge in [-0.2, -0.15) is 0 Å². The van der Waals surface area contributed by atoms with E-state index >= 15 is 0 Å². The van der Waals surface area contributed by atoms with Crippen LogP contribution in [0.4, 0.5) is 0 Å². The van der Waals surface area contributed by atoms with Crippen molar-refractivity contribution in [3.8, 4) is 0 Å². The zero-order chi connectivity index (χ0) is 15.6. The van der Waals surface area contributed by atoms with Crippen LogP contribution in [0, 0.1) is 11.8 Å². The summed E-state index contributed by atoms with van der Waals surface area (Å²) in [5, 5.41) is 2.99. The Kier molecular flexibility index (Phi) is 5.28. The lowest BCUT2D eigenvalue weighted by Gasteiger charge is -2.46. The Morgan fingerprint density at radius 3 is 2.29 bits per heavy atom. The van der Waals surface area contributed by atoms with Crippen LogP contribution in [-0.4, -0.2) is 34.8 Å². The van der Waals surface area contributed by atoms with Gasteiger partial charge in [-0.1, -0.05) is 40.0 Å². The first-order chi connectivity index (χ1) is 9.97. The zero-order valence-electron chi connectivity index (χ0n) is 13.9. The summed E-state index contributed by atoms with van der Waals surface area (Å²) in [7, 11) is 0. The van der Waals surface area contributed by atoms with Crippen molar-refractivity contribution in [2.24, 2.45) is 11.8 Å². The number of hydrogen-bond donors (Lipinski definition) is 1. The third-order valence-electron chi connectivity index (χ3n) is 5.22. The van der Waals surface area contributed by atoms with Crippen molar-refractivity contribution in [3.63, 3.8) is 0 Å². The van der Waals surface area contributed by atoms with Gasteiger partial charge >= 0.3 is 0 Å². The van der Waals surface area contributed by atoms with Crippen LogP contribution in [0.2, 0.25) is 0 Å². The molecule has 0 radical (unpaired) electrons. The van der Waals surface area contributed by atoms with Gasteiger partial charge in [0.1, 0.15) is 12.1 Å². The van der Waals surface area contributed by atoms with Crippen LogP contribution < -0.4 is 5.32 Å². The summed E-state index contributed by atoms with van der Waals surface area (Å²) in [5.41, 5.74) is 0. The molecule has 0 aromatic carbocycles. The van der Waals surface area contributed by atoms with E-state index in [9.17, 15) is 9.59 Å². The second kappa shape index (κ2) is 6.80. The Hall–Kier alpha value is -1.06. The van der Waals surface area contributed by atoms with Crippen molar-refractivity contribution in [1.29, 1.82) is 0 Å². The number of carbonyl (C=O) groups is 2. The van der Waals surface area contributed by atoms with Gasteiger partial charge in [0.15, 0.2) is 0 Å². The molecule has 2 fully saturated rings. The number of carbonyl (C=O) groups excluding carboxylic acids is 2. The molecule has 0 bridgehead atoms. The Balaban J connectivity index is 2.27. The number of piperazine rings is 1. The van der Waals surface area contributed by atoms with E-state index < -0.39 is 0 Å². The first kappa shape index (κ1) is 16.3. The Labute approximate surface area is 128 Å². The predicted molar refractivity (Wildman–Crippen MR) is 83.7 cm³/mol. The number of nitrogens with one attached hydrogen (secondary N) is 1. The lowest BCUT2D eigenvalue weighted by atomic mass is 9.80. The molecule has 3 unspecified atom stereocenters. The van der Waals surface area contributed by atoms with Crippen molar-refractivity contribution in [1.82, 2.24) is 10.2 Å². The molecular formula is C17H30N2O2. The van der Waals surface area contributed by atoms with E-state index in [0.29, 0.717) is 5.92 Å². The van der Waals surface area contributed by atoms with Gasteiger partial charge in [-0.25, -0.2) is 0 Å². The number of amides is 2. The van der Waals surface area contributed by atoms with Crippen molar-refractivity contribution >= 4 is 11.8 Å². The lowest BCUT2D eigenvalue weighted by Crippen LogP contribution is -2.68. The van der Waals surface area contributed by atoms with Crippen LogP contribution in [0.1, 0.15) is 66.2 Å². The summed E-state index contributed by atoms with van der Waals surface area (Å²) in [6, 6.07) is -0.467.